The number of aryl methyl sites for hydroxylation is 1. The van der Waals surface area contributed by atoms with Gasteiger partial charge in [0.2, 0.25) is 17.8 Å². The SMILES string of the molecule is CCCc1cccc2c1OOOOC(CC(C)(CC)C1CC(C)(CC)C(CC(C)CC)OO1)OO2. The van der Waals surface area contributed by atoms with Crippen LogP contribution in [-0.4, -0.2) is 18.5 Å². The summed E-state index contributed by atoms with van der Waals surface area (Å²) in [6.45, 7) is 15.4. The highest BCUT2D eigenvalue weighted by molar-refractivity contribution is 5.46. The largest absolute Gasteiger partial charge is 0.331 e. The second-order valence-corrected chi connectivity index (χ2v) is 10.8. The third-order valence-electron chi connectivity index (χ3n) is 8.17. The minimum atomic E-state index is -0.876. The Morgan fingerprint density at radius 1 is 1.03 bits per heavy atom. The second-order valence-electron chi connectivity index (χ2n) is 10.8. The van der Waals surface area contributed by atoms with Gasteiger partial charge in [0.25, 0.3) is 0 Å². The molecule has 1 fully saturated rings. The molecule has 0 spiro atoms. The molecule has 6 atom stereocenters. The predicted octanol–water partition coefficient (Wildman–Crippen LogP) is 7.21. The molecule has 2 aliphatic rings. The lowest BCUT2D eigenvalue weighted by atomic mass is 9.67. The molecule has 3 rings (SSSR count). The molecule has 0 saturated carbocycles. The molecule has 0 aromatic heterocycles. The molecule has 35 heavy (non-hydrogen) atoms. The molecule has 0 bridgehead atoms. The fourth-order valence-electron chi connectivity index (χ4n) is 4.80. The van der Waals surface area contributed by atoms with Crippen LogP contribution in [0.4, 0.5) is 0 Å². The molecule has 0 aliphatic carbocycles. The van der Waals surface area contributed by atoms with Crippen LogP contribution in [0.2, 0.25) is 0 Å². The Balaban J connectivity index is 1.71. The summed E-state index contributed by atoms with van der Waals surface area (Å²) in [6.07, 6.45) is 6.04. The number of hydrogen-bond donors (Lipinski definition) is 0. The van der Waals surface area contributed by atoms with E-state index >= 15 is 0 Å². The van der Waals surface area contributed by atoms with Crippen LogP contribution in [0.15, 0.2) is 18.2 Å². The van der Waals surface area contributed by atoms with Gasteiger partial charge in [0, 0.05) is 22.4 Å². The first-order valence-electron chi connectivity index (χ1n) is 13.2. The van der Waals surface area contributed by atoms with Crippen LogP contribution in [0.1, 0.15) is 99.0 Å². The summed E-state index contributed by atoms with van der Waals surface area (Å²) in [5, 5.41) is 9.74. The van der Waals surface area contributed by atoms with E-state index in [9.17, 15) is 0 Å². The van der Waals surface area contributed by atoms with Crippen molar-refractivity contribution in [2.24, 2.45) is 16.7 Å². The zero-order valence-corrected chi connectivity index (χ0v) is 22.5. The van der Waals surface area contributed by atoms with Crippen LogP contribution >= 0.6 is 0 Å². The van der Waals surface area contributed by atoms with Crippen molar-refractivity contribution in [3.05, 3.63) is 23.8 Å². The average molecular weight is 497 g/mol. The van der Waals surface area contributed by atoms with Gasteiger partial charge in [-0.3, -0.25) is 0 Å². The lowest BCUT2D eigenvalue weighted by Gasteiger charge is -2.49. The Morgan fingerprint density at radius 2 is 1.83 bits per heavy atom. The molecule has 8 heteroatoms. The summed E-state index contributed by atoms with van der Waals surface area (Å²) in [5.74, 6) is 1.39. The minimum Gasteiger partial charge on any atom is -0.331 e. The number of fused-ring (bicyclic) bond motifs is 1. The van der Waals surface area contributed by atoms with Gasteiger partial charge in [0.15, 0.2) is 0 Å². The Bertz CT molecular complexity index is 788. The fourth-order valence-corrected chi connectivity index (χ4v) is 4.80. The van der Waals surface area contributed by atoms with Gasteiger partial charge in [-0.05, 0) is 54.5 Å². The summed E-state index contributed by atoms with van der Waals surface area (Å²) in [6, 6.07) is 5.58. The molecule has 1 saturated heterocycles. The van der Waals surface area contributed by atoms with E-state index < -0.39 is 6.29 Å². The molecular weight excluding hydrogens is 452 g/mol. The van der Waals surface area contributed by atoms with Crippen molar-refractivity contribution in [1.29, 1.82) is 0 Å². The molecular formula is C27H44O8. The normalized spacial score (nSPS) is 30.0. The average Bonchev–Trinajstić information content (AvgIpc) is 2.96. The van der Waals surface area contributed by atoms with Crippen LogP contribution in [0.25, 0.3) is 0 Å². The Labute approximate surface area is 210 Å². The van der Waals surface area contributed by atoms with E-state index in [-0.39, 0.29) is 23.0 Å². The summed E-state index contributed by atoms with van der Waals surface area (Å²) in [5.41, 5.74) is 0.603. The van der Waals surface area contributed by atoms with Crippen LogP contribution in [0.5, 0.6) is 11.5 Å². The lowest BCUT2D eigenvalue weighted by molar-refractivity contribution is -0.634. The monoisotopic (exact) mass is 496 g/mol. The van der Waals surface area contributed by atoms with E-state index in [0.717, 1.165) is 50.5 Å². The van der Waals surface area contributed by atoms with Gasteiger partial charge in [-0.15, -0.1) is 0 Å². The summed E-state index contributed by atoms with van der Waals surface area (Å²) in [4.78, 5) is 34.1. The van der Waals surface area contributed by atoms with Crippen LogP contribution in [0.3, 0.4) is 0 Å². The molecule has 6 unspecified atom stereocenters. The zero-order chi connectivity index (χ0) is 25.5. The van der Waals surface area contributed by atoms with Crippen molar-refractivity contribution in [2.75, 3.05) is 0 Å². The molecule has 0 N–H and O–H groups in total. The van der Waals surface area contributed by atoms with Crippen molar-refractivity contribution in [3.8, 4) is 11.5 Å². The van der Waals surface area contributed by atoms with Crippen LogP contribution < -0.4 is 9.78 Å². The maximum atomic E-state index is 6.07. The quantitative estimate of drug-likeness (QED) is 0.315. The molecule has 2 heterocycles. The van der Waals surface area contributed by atoms with Gasteiger partial charge >= 0.3 is 0 Å². The van der Waals surface area contributed by atoms with Crippen molar-refractivity contribution in [2.45, 2.75) is 118 Å². The molecule has 200 valence electrons. The first-order chi connectivity index (χ1) is 16.8. The third-order valence-corrected chi connectivity index (χ3v) is 8.17. The molecule has 0 amide bonds. The number of para-hydroxylation sites is 1. The Kier molecular flexibility index (Phi) is 10.2. The summed E-state index contributed by atoms with van der Waals surface area (Å²) in [7, 11) is 0. The van der Waals surface area contributed by atoms with Crippen molar-refractivity contribution in [1.82, 2.24) is 0 Å². The first kappa shape index (κ1) is 28.2. The van der Waals surface area contributed by atoms with Crippen molar-refractivity contribution in [3.63, 3.8) is 0 Å². The molecule has 0 radical (unpaired) electrons. The summed E-state index contributed by atoms with van der Waals surface area (Å²) < 4.78 is 0. The van der Waals surface area contributed by atoms with E-state index in [1.54, 1.807) is 6.07 Å². The number of benzene rings is 1. The van der Waals surface area contributed by atoms with Gasteiger partial charge in [-0.2, -0.15) is 9.78 Å². The second kappa shape index (κ2) is 12.7. The standard InChI is InChI=1S/C27H44O8/c1-8-13-20-14-12-15-21-25(20)33-35-34-32-24(31-28-21)18-27(7,11-4)23-17-26(6,10-3)22(29-30-23)16-19(5)9-2/h12,14-15,19,22-24H,8-11,13,16-18H2,1-7H3. The van der Waals surface area contributed by atoms with E-state index in [1.807, 2.05) is 12.1 Å². The van der Waals surface area contributed by atoms with E-state index in [4.69, 9.17) is 39.4 Å². The third kappa shape index (κ3) is 6.87. The minimum absolute atomic E-state index is 0.0154. The predicted molar refractivity (Wildman–Crippen MR) is 130 cm³/mol. The molecule has 2 aliphatic heterocycles. The smallest absolute Gasteiger partial charge is 0.239 e. The highest BCUT2D eigenvalue weighted by atomic mass is 17.7. The van der Waals surface area contributed by atoms with Crippen LogP contribution in [-0.2, 0) is 36.0 Å². The van der Waals surface area contributed by atoms with Gasteiger partial charge in [-0.25, -0.2) is 9.78 Å². The highest BCUT2D eigenvalue weighted by Crippen LogP contribution is 2.48. The van der Waals surface area contributed by atoms with Gasteiger partial charge < -0.3 is 9.78 Å². The zero-order valence-electron chi connectivity index (χ0n) is 22.5. The van der Waals surface area contributed by atoms with E-state index in [1.165, 1.54) is 0 Å². The van der Waals surface area contributed by atoms with Crippen molar-refractivity contribution < 1.29 is 39.4 Å². The first-order valence-corrected chi connectivity index (χ1v) is 13.2. The fraction of sp³-hybridized carbons (Fsp3) is 0.778. The van der Waals surface area contributed by atoms with E-state index in [0.29, 0.717) is 23.8 Å². The van der Waals surface area contributed by atoms with Gasteiger partial charge in [0.1, 0.15) is 0 Å². The van der Waals surface area contributed by atoms with E-state index in [2.05, 4.69) is 48.5 Å². The van der Waals surface area contributed by atoms with Crippen LogP contribution in [0, 0.1) is 16.7 Å². The highest BCUT2D eigenvalue weighted by Gasteiger charge is 2.49. The molecule has 1 aromatic rings. The Morgan fingerprint density at radius 3 is 2.51 bits per heavy atom. The molecule has 8 nitrogen and oxygen atoms in total. The molecule has 1 aromatic carbocycles. The topological polar surface area (TPSA) is 73.8 Å². The van der Waals surface area contributed by atoms with Gasteiger partial charge in [0.05, 0.1) is 12.2 Å². The van der Waals surface area contributed by atoms with Crippen molar-refractivity contribution >= 4 is 0 Å². The maximum Gasteiger partial charge on any atom is 0.239 e. The lowest BCUT2D eigenvalue weighted by Crippen LogP contribution is -2.50. The van der Waals surface area contributed by atoms with Gasteiger partial charge in [-0.1, -0.05) is 73.4 Å². The Hall–Kier alpha value is -1.42. The number of rotatable bonds is 10. The maximum absolute atomic E-state index is 6.07. The number of hydrogen-bond acceptors (Lipinski definition) is 8. The summed E-state index contributed by atoms with van der Waals surface area (Å²) >= 11 is 0.